The minimum absolute atomic E-state index is 0.612. The third kappa shape index (κ3) is 2.09. The highest BCUT2D eigenvalue weighted by molar-refractivity contribution is 7.71. The Balaban J connectivity index is 1.95. The van der Waals surface area contributed by atoms with Crippen LogP contribution in [0.15, 0.2) is 0 Å². The third-order valence-electron chi connectivity index (χ3n) is 3.79. The molecule has 0 aromatic carbocycles. The Hall–Kier alpha value is -0.940. The molecule has 1 aromatic rings. The van der Waals surface area contributed by atoms with E-state index in [0.29, 0.717) is 4.77 Å². The minimum atomic E-state index is 0.612. The molecule has 2 aliphatic heterocycles. The molecule has 3 rings (SSSR count). The first-order valence-corrected chi connectivity index (χ1v) is 6.72. The highest BCUT2D eigenvalue weighted by atomic mass is 32.1. The molecule has 1 fully saturated rings. The summed E-state index contributed by atoms with van der Waals surface area (Å²) in [5.74, 6) is 1.95. The van der Waals surface area contributed by atoms with Gasteiger partial charge in [0.25, 0.3) is 0 Å². The predicted molar refractivity (Wildman–Crippen MR) is 70.6 cm³/mol. The number of aromatic nitrogens is 2. The fourth-order valence-corrected chi connectivity index (χ4v) is 2.87. The van der Waals surface area contributed by atoms with Gasteiger partial charge >= 0.3 is 0 Å². The Labute approximate surface area is 106 Å². The molecular weight excluding hydrogens is 232 g/mol. The van der Waals surface area contributed by atoms with E-state index in [4.69, 9.17) is 12.2 Å². The summed E-state index contributed by atoms with van der Waals surface area (Å²) < 4.78 is 0.612. The smallest absolute Gasteiger partial charge is 0.199 e. The summed E-state index contributed by atoms with van der Waals surface area (Å²) in [6.07, 6.45) is 2.52. The van der Waals surface area contributed by atoms with E-state index < -0.39 is 0 Å². The van der Waals surface area contributed by atoms with Gasteiger partial charge in [-0.25, -0.2) is 4.98 Å². The number of piperidine rings is 1. The van der Waals surface area contributed by atoms with Crippen molar-refractivity contribution in [3.63, 3.8) is 0 Å². The fourth-order valence-electron chi connectivity index (χ4n) is 2.66. The van der Waals surface area contributed by atoms with Gasteiger partial charge in [-0.3, -0.25) is 0 Å². The van der Waals surface area contributed by atoms with Gasteiger partial charge in [0, 0.05) is 37.4 Å². The number of hydrogen-bond donors (Lipinski definition) is 2. The Morgan fingerprint density at radius 1 is 1.29 bits per heavy atom. The highest BCUT2D eigenvalue weighted by Crippen LogP contribution is 2.27. The second kappa shape index (κ2) is 4.38. The number of nitrogens with one attached hydrogen (secondary N) is 2. The van der Waals surface area contributed by atoms with Crippen LogP contribution in [0.2, 0.25) is 0 Å². The normalized spacial score (nSPS) is 20.6. The molecule has 0 spiro atoms. The van der Waals surface area contributed by atoms with Crippen LogP contribution in [0.1, 0.15) is 31.0 Å². The van der Waals surface area contributed by atoms with Crippen LogP contribution >= 0.6 is 12.2 Å². The van der Waals surface area contributed by atoms with E-state index in [1.54, 1.807) is 0 Å². The lowest BCUT2D eigenvalue weighted by molar-refractivity contribution is 0.436. The minimum Gasteiger partial charge on any atom is -0.356 e. The van der Waals surface area contributed by atoms with E-state index in [1.807, 2.05) is 0 Å². The number of aromatic amines is 1. The molecule has 1 aromatic heterocycles. The molecular formula is C12H18N4S. The second-order valence-corrected chi connectivity index (χ2v) is 5.48. The number of hydrogen-bond acceptors (Lipinski definition) is 4. The number of nitrogens with zero attached hydrogens (tertiary/aromatic N) is 2. The van der Waals surface area contributed by atoms with E-state index in [-0.39, 0.29) is 0 Å². The number of anilines is 1. The van der Waals surface area contributed by atoms with Gasteiger partial charge in [-0.05, 0) is 31.0 Å². The van der Waals surface area contributed by atoms with E-state index in [1.165, 1.54) is 24.1 Å². The molecule has 0 atom stereocenters. The molecule has 17 heavy (non-hydrogen) atoms. The number of fused-ring (bicyclic) bond motifs is 1. The summed E-state index contributed by atoms with van der Waals surface area (Å²) in [7, 11) is 0. The van der Waals surface area contributed by atoms with Gasteiger partial charge in [-0.2, -0.15) is 0 Å². The molecule has 2 N–H and O–H groups in total. The molecule has 0 saturated carbocycles. The molecule has 0 radical (unpaired) electrons. The first kappa shape index (κ1) is 11.2. The summed E-state index contributed by atoms with van der Waals surface area (Å²) in [6, 6.07) is 0. The summed E-state index contributed by atoms with van der Waals surface area (Å²) in [5, 5.41) is 3.36. The average molecular weight is 250 g/mol. The average Bonchev–Trinajstić information content (AvgIpc) is 2.77. The van der Waals surface area contributed by atoms with Crippen LogP contribution < -0.4 is 10.2 Å². The molecule has 2 aliphatic rings. The maximum atomic E-state index is 5.21. The van der Waals surface area contributed by atoms with Crippen molar-refractivity contribution in [1.29, 1.82) is 0 Å². The van der Waals surface area contributed by atoms with Crippen molar-refractivity contribution < 1.29 is 0 Å². The van der Waals surface area contributed by atoms with Crippen LogP contribution in [-0.4, -0.2) is 23.1 Å². The van der Waals surface area contributed by atoms with Gasteiger partial charge < -0.3 is 15.2 Å². The molecule has 5 heteroatoms. The SMILES string of the molecule is CC1CCN(c2nc(=S)[nH]c3c2CNC3)CC1. The number of H-pyrrole nitrogens is 1. The molecule has 1 saturated heterocycles. The summed E-state index contributed by atoms with van der Waals surface area (Å²) >= 11 is 5.21. The Kier molecular flexibility index (Phi) is 2.88. The number of rotatable bonds is 1. The van der Waals surface area contributed by atoms with Gasteiger partial charge in [0.15, 0.2) is 4.77 Å². The maximum Gasteiger partial charge on any atom is 0.199 e. The summed E-state index contributed by atoms with van der Waals surface area (Å²) in [6.45, 7) is 6.35. The lowest BCUT2D eigenvalue weighted by atomic mass is 9.99. The molecule has 3 heterocycles. The standard InChI is InChI=1S/C12H18N4S/c1-8-2-4-16(5-3-8)11-9-6-13-7-10(9)14-12(17)15-11/h8,13H,2-7H2,1H3,(H,14,15,17). The van der Waals surface area contributed by atoms with Crippen LogP contribution in [0.25, 0.3) is 0 Å². The first-order valence-electron chi connectivity index (χ1n) is 6.32. The Bertz CT molecular complexity index is 474. The quantitative estimate of drug-likeness (QED) is 0.748. The van der Waals surface area contributed by atoms with Crippen molar-refractivity contribution >= 4 is 18.0 Å². The molecule has 0 bridgehead atoms. The van der Waals surface area contributed by atoms with Crippen molar-refractivity contribution in [2.45, 2.75) is 32.9 Å². The van der Waals surface area contributed by atoms with Crippen LogP contribution in [0.4, 0.5) is 5.82 Å². The van der Waals surface area contributed by atoms with Crippen molar-refractivity contribution in [2.75, 3.05) is 18.0 Å². The third-order valence-corrected chi connectivity index (χ3v) is 3.98. The van der Waals surface area contributed by atoms with Gasteiger partial charge in [-0.15, -0.1) is 0 Å². The molecule has 0 aliphatic carbocycles. The topological polar surface area (TPSA) is 44.0 Å². The zero-order valence-corrected chi connectivity index (χ0v) is 10.9. The fraction of sp³-hybridized carbons (Fsp3) is 0.667. The maximum absolute atomic E-state index is 5.21. The molecule has 4 nitrogen and oxygen atoms in total. The predicted octanol–water partition coefficient (Wildman–Crippen LogP) is 1.98. The van der Waals surface area contributed by atoms with Gasteiger partial charge in [0.2, 0.25) is 0 Å². The van der Waals surface area contributed by atoms with Crippen molar-refractivity contribution in [3.05, 3.63) is 16.0 Å². The van der Waals surface area contributed by atoms with Gasteiger partial charge in [-0.1, -0.05) is 6.92 Å². The summed E-state index contributed by atoms with van der Waals surface area (Å²) in [4.78, 5) is 10.1. The van der Waals surface area contributed by atoms with Crippen molar-refractivity contribution in [3.8, 4) is 0 Å². The van der Waals surface area contributed by atoms with Crippen LogP contribution in [0.3, 0.4) is 0 Å². The molecule has 92 valence electrons. The van der Waals surface area contributed by atoms with Crippen molar-refractivity contribution in [2.24, 2.45) is 5.92 Å². The highest BCUT2D eigenvalue weighted by Gasteiger charge is 2.23. The molecule has 0 unspecified atom stereocenters. The van der Waals surface area contributed by atoms with Gasteiger partial charge in [0.1, 0.15) is 5.82 Å². The van der Waals surface area contributed by atoms with Crippen LogP contribution in [0.5, 0.6) is 0 Å². The van der Waals surface area contributed by atoms with E-state index >= 15 is 0 Å². The Morgan fingerprint density at radius 3 is 2.82 bits per heavy atom. The molecule has 0 amide bonds. The summed E-state index contributed by atoms with van der Waals surface area (Å²) in [5.41, 5.74) is 2.53. The van der Waals surface area contributed by atoms with Crippen LogP contribution in [0, 0.1) is 10.7 Å². The largest absolute Gasteiger partial charge is 0.356 e. The van der Waals surface area contributed by atoms with Gasteiger partial charge in [0.05, 0.1) is 0 Å². The van der Waals surface area contributed by atoms with Crippen LogP contribution in [-0.2, 0) is 13.1 Å². The monoisotopic (exact) mass is 250 g/mol. The lowest BCUT2D eigenvalue weighted by Crippen LogP contribution is -2.34. The van der Waals surface area contributed by atoms with Crippen molar-refractivity contribution in [1.82, 2.24) is 15.3 Å². The second-order valence-electron chi connectivity index (χ2n) is 5.10. The lowest BCUT2D eigenvalue weighted by Gasteiger charge is -2.32. The Morgan fingerprint density at radius 2 is 2.06 bits per heavy atom. The zero-order valence-electron chi connectivity index (χ0n) is 10.1. The first-order chi connectivity index (χ1) is 8.24. The van der Waals surface area contributed by atoms with E-state index in [2.05, 4.69) is 27.1 Å². The zero-order chi connectivity index (χ0) is 11.8. The van der Waals surface area contributed by atoms with E-state index in [9.17, 15) is 0 Å². The van der Waals surface area contributed by atoms with E-state index in [0.717, 1.165) is 37.9 Å².